The first-order valence-corrected chi connectivity index (χ1v) is 45.8. The van der Waals surface area contributed by atoms with Crippen molar-refractivity contribution in [3.63, 3.8) is 0 Å². The molecule has 0 radical (unpaired) electrons. The largest absolute Gasteiger partial charge is 0.490 e. The number of ether oxygens (including phenoxy) is 6. The number of unbranched alkanes of at least 4 members (excludes halogenated alkanes) is 40. The molecule has 14 nitrogen and oxygen atoms in total. The first kappa shape index (κ1) is 101. The molecule has 0 saturated heterocycles. The number of carbonyl (C=O) groups excluding carboxylic acids is 5. The van der Waals surface area contributed by atoms with E-state index in [1.807, 2.05) is 0 Å². The zero-order valence-electron chi connectivity index (χ0n) is 71.1. The van der Waals surface area contributed by atoms with E-state index in [0.29, 0.717) is 89.7 Å². The Morgan fingerprint density at radius 3 is 0.869 bits per heavy atom. The number of amides is 2. The van der Waals surface area contributed by atoms with Crippen LogP contribution in [-0.2, 0) is 42.9 Å². The van der Waals surface area contributed by atoms with Crippen molar-refractivity contribution in [2.45, 2.75) is 432 Å². The van der Waals surface area contributed by atoms with E-state index < -0.39 is 5.60 Å². The van der Waals surface area contributed by atoms with Crippen molar-refractivity contribution in [1.29, 1.82) is 0 Å². The summed E-state index contributed by atoms with van der Waals surface area (Å²) in [7, 11) is 1.66. The molecule has 0 heterocycles. The molecule has 1 rings (SSSR count). The van der Waals surface area contributed by atoms with Crippen LogP contribution >= 0.6 is 0 Å². The van der Waals surface area contributed by atoms with Crippen LogP contribution < -0.4 is 15.4 Å². The van der Waals surface area contributed by atoms with Crippen molar-refractivity contribution >= 4 is 29.5 Å². The van der Waals surface area contributed by atoms with Crippen molar-refractivity contribution in [2.24, 2.45) is 23.7 Å². The van der Waals surface area contributed by atoms with Crippen LogP contribution in [0.1, 0.15) is 437 Å². The van der Waals surface area contributed by atoms with E-state index in [4.69, 9.17) is 28.4 Å². The van der Waals surface area contributed by atoms with E-state index >= 15 is 0 Å². The Bertz CT molecular complexity index is 2130. The topological polar surface area (TPSA) is 185 Å². The molecule has 4 unspecified atom stereocenters. The maximum Gasteiger partial charge on any atom is 0.305 e. The van der Waals surface area contributed by atoms with Gasteiger partial charge >= 0.3 is 11.9 Å². The van der Waals surface area contributed by atoms with Gasteiger partial charge in [-0.05, 0) is 87.5 Å². The molecule has 0 aromatic heterocycles. The Labute approximate surface area is 659 Å². The molecule has 0 aliphatic rings. The van der Waals surface area contributed by atoms with E-state index in [1.165, 1.54) is 316 Å². The summed E-state index contributed by atoms with van der Waals surface area (Å²) in [5.74, 6) is 3.48. The molecule has 0 saturated carbocycles. The number of benzene rings is 1. The normalized spacial score (nSPS) is 12.8. The minimum absolute atomic E-state index is 0.102. The molecule has 1 aromatic rings. The Kier molecular flexibility index (Phi) is 72.4. The number of carbonyl (C=O) groups is 5. The van der Waals surface area contributed by atoms with Crippen LogP contribution in [0, 0.1) is 23.7 Å². The lowest BCUT2D eigenvalue weighted by Crippen LogP contribution is -2.34. The highest BCUT2D eigenvalue weighted by atomic mass is 16.6. The number of methoxy groups -OCH3 is 1. The molecule has 0 spiro atoms. The summed E-state index contributed by atoms with van der Waals surface area (Å²) < 4.78 is 32.4. The van der Waals surface area contributed by atoms with Gasteiger partial charge in [-0.3, -0.25) is 24.0 Å². The van der Waals surface area contributed by atoms with Crippen molar-refractivity contribution in [3.05, 3.63) is 29.8 Å². The first-order chi connectivity index (χ1) is 52.3. The molecular formula is C93H172N2O12. The highest BCUT2D eigenvalue weighted by Crippen LogP contribution is 2.36. The van der Waals surface area contributed by atoms with Gasteiger partial charge in [-0.15, -0.1) is 0 Å². The van der Waals surface area contributed by atoms with Crippen molar-refractivity contribution in [3.8, 4) is 5.75 Å². The van der Waals surface area contributed by atoms with Gasteiger partial charge in [0.15, 0.2) is 5.78 Å². The van der Waals surface area contributed by atoms with Gasteiger partial charge in [0.1, 0.15) is 31.2 Å². The van der Waals surface area contributed by atoms with Crippen LogP contribution in [0.5, 0.6) is 5.75 Å². The third-order valence-corrected chi connectivity index (χ3v) is 22.3. The van der Waals surface area contributed by atoms with Gasteiger partial charge in [-0.1, -0.05) is 362 Å². The van der Waals surface area contributed by atoms with Gasteiger partial charge in [-0.2, -0.15) is 0 Å². The zero-order valence-corrected chi connectivity index (χ0v) is 71.1. The number of hydrogen-bond donors (Lipinski definition) is 3. The summed E-state index contributed by atoms with van der Waals surface area (Å²) in [4.78, 5) is 62.6. The Balaban J connectivity index is 2.46. The summed E-state index contributed by atoms with van der Waals surface area (Å²) in [5.41, 5.74) is -1.01. The van der Waals surface area contributed by atoms with Crippen LogP contribution in [0.2, 0.25) is 0 Å². The fourth-order valence-corrected chi connectivity index (χ4v) is 15.5. The summed E-state index contributed by atoms with van der Waals surface area (Å²) >= 11 is 0. The Morgan fingerprint density at radius 1 is 0.327 bits per heavy atom. The quantitative estimate of drug-likeness (QED) is 0.0319. The average Bonchev–Trinajstić information content (AvgIpc) is 0.851. The molecule has 0 aliphatic carbocycles. The number of rotatable bonds is 84. The summed E-state index contributed by atoms with van der Waals surface area (Å²) in [6.45, 7) is 16.4. The molecule has 4 atom stereocenters. The highest BCUT2D eigenvalue weighted by molar-refractivity contribution is 6.01. The molecule has 107 heavy (non-hydrogen) atoms. The lowest BCUT2D eigenvalue weighted by Gasteiger charge is -2.28. The van der Waals surface area contributed by atoms with Gasteiger partial charge in [0, 0.05) is 51.4 Å². The van der Waals surface area contributed by atoms with Gasteiger partial charge in [0.05, 0.1) is 33.0 Å². The van der Waals surface area contributed by atoms with E-state index in [0.717, 1.165) is 81.5 Å². The molecule has 0 fully saturated rings. The smallest absolute Gasteiger partial charge is 0.305 e. The van der Waals surface area contributed by atoms with Crippen molar-refractivity contribution < 1.29 is 57.5 Å². The minimum Gasteiger partial charge on any atom is -0.490 e. The van der Waals surface area contributed by atoms with Crippen LogP contribution in [0.3, 0.4) is 0 Å². The summed E-state index contributed by atoms with van der Waals surface area (Å²) in [6, 6.07) is 6.66. The van der Waals surface area contributed by atoms with Crippen molar-refractivity contribution in [1.82, 2.24) is 10.6 Å². The van der Waals surface area contributed by atoms with Gasteiger partial charge in [-0.25, -0.2) is 0 Å². The molecule has 0 bridgehead atoms. The first-order valence-electron chi connectivity index (χ1n) is 45.8. The highest BCUT2D eigenvalue weighted by Gasteiger charge is 2.26. The van der Waals surface area contributed by atoms with Crippen LogP contribution in [0.4, 0.5) is 0 Å². The number of esters is 2. The molecular weight excluding hydrogens is 1340 g/mol. The maximum atomic E-state index is 12.8. The van der Waals surface area contributed by atoms with E-state index in [2.05, 4.69) is 38.3 Å². The third-order valence-electron chi connectivity index (χ3n) is 22.3. The Morgan fingerprint density at radius 2 is 0.579 bits per heavy atom. The SMILES string of the molecule is CCCCCCCCC(CCCCCCCCC(=O)NCCNC(=O)CCCCCCCCC(CCCCCCCC)C(CCCCCCCC)CCCCCCCCC(=O)OCCOc1ccc(C(=O)C(C)(C)O)cc1)C(CCCCCCCC)CCCCCCCCC(=O)OCCOCCOCCOC. The van der Waals surface area contributed by atoms with Gasteiger partial charge in [0.25, 0.3) is 0 Å². The predicted molar refractivity (Wildman–Crippen MR) is 448 cm³/mol. The second-order valence-corrected chi connectivity index (χ2v) is 32.5. The molecule has 2 amide bonds. The van der Waals surface area contributed by atoms with Crippen LogP contribution in [0.25, 0.3) is 0 Å². The second kappa shape index (κ2) is 76.4. The van der Waals surface area contributed by atoms with E-state index in [9.17, 15) is 29.1 Å². The van der Waals surface area contributed by atoms with E-state index in [1.54, 1.807) is 31.4 Å². The van der Waals surface area contributed by atoms with Gasteiger partial charge < -0.3 is 44.2 Å². The number of nitrogens with one attached hydrogen (secondary N) is 2. The monoisotopic (exact) mass is 1510 g/mol. The number of ketones is 1. The lowest BCUT2D eigenvalue weighted by atomic mass is 9.78. The predicted octanol–water partition coefficient (Wildman–Crippen LogP) is 25.0. The minimum atomic E-state index is -1.43. The summed E-state index contributed by atoms with van der Waals surface area (Å²) in [6.07, 6.45) is 73.9. The Hall–Kier alpha value is -3.59. The molecule has 3 N–H and O–H groups in total. The standard InChI is InChI=1S/C93H172N2O12/c1-8-12-16-20-32-44-56-82(84(58-46-34-22-18-14-10-3)62-50-38-26-30-42-54-66-90(98)106-79-78-104-77-76-103-75-74-102-7)60-48-36-24-28-40-52-64-88(96)94-72-73-95-89(97)65-53-41-29-25-37-49-61-83(57-45-33-21-17-13-9-2)85(59-47-35-23-19-15-11-4)63-51-39-27-31-43-55-67-91(99)107-81-80-105-87-70-68-86(69-71-87)92(100)93(5,6)101/h68-71,82-85,101H,8-67,72-81H2,1-7H3,(H,94,96)(H,95,97). The van der Waals surface area contributed by atoms with Crippen LogP contribution in [0.15, 0.2) is 24.3 Å². The zero-order chi connectivity index (χ0) is 77.8. The van der Waals surface area contributed by atoms with Crippen LogP contribution in [-0.4, -0.2) is 113 Å². The number of hydrogen-bond acceptors (Lipinski definition) is 12. The molecule has 626 valence electrons. The second-order valence-electron chi connectivity index (χ2n) is 32.5. The fourth-order valence-electron chi connectivity index (χ4n) is 15.5. The fraction of sp³-hybridized carbons (Fsp3) is 0.882. The van der Waals surface area contributed by atoms with Crippen molar-refractivity contribution in [2.75, 3.05) is 73.1 Å². The molecule has 1 aromatic carbocycles. The summed E-state index contributed by atoms with van der Waals surface area (Å²) in [5, 5.41) is 16.1. The molecule has 14 heteroatoms. The lowest BCUT2D eigenvalue weighted by molar-refractivity contribution is -0.146. The molecule has 0 aliphatic heterocycles. The average molecular weight is 1510 g/mol. The maximum absolute atomic E-state index is 12.8. The van der Waals surface area contributed by atoms with Gasteiger partial charge in [0.2, 0.25) is 11.8 Å². The third kappa shape index (κ3) is 65.6. The van der Waals surface area contributed by atoms with E-state index in [-0.39, 0.29) is 42.7 Å². The number of aliphatic hydroxyl groups is 1. The number of Topliss-reactive ketones (excluding diaryl/α,β-unsaturated/α-hetero) is 1.